The molecule has 0 bridgehead atoms. The van der Waals surface area contributed by atoms with Gasteiger partial charge in [-0.25, -0.2) is 9.97 Å². The van der Waals surface area contributed by atoms with Gasteiger partial charge in [0.2, 0.25) is 11.2 Å². The minimum Gasteiger partial charge on any atom is -1.00 e. The van der Waals surface area contributed by atoms with E-state index in [2.05, 4.69) is 271 Å². The number of halogens is 2. The summed E-state index contributed by atoms with van der Waals surface area (Å²) >= 11 is 5.99. The average Bonchev–Trinajstić information content (AvgIpc) is 1.53. The van der Waals surface area contributed by atoms with Gasteiger partial charge >= 0.3 is 29.6 Å². The first-order valence-electron chi connectivity index (χ1n) is 36.8. The van der Waals surface area contributed by atoms with E-state index in [9.17, 15) is 4.39 Å². The van der Waals surface area contributed by atoms with Gasteiger partial charge in [-0.1, -0.05) is 307 Å². The summed E-state index contributed by atoms with van der Waals surface area (Å²) in [6, 6.07) is 112. The fourth-order valence-corrected chi connectivity index (χ4v) is 17.4. The molecule has 0 aliphatic heterocycles. The molecular weight excluding hydrogens is 1350 g/mol. The Labute approximate surface area is 653 Å². The van der Waals surface area contributed by atoms with E-state index >= 15 is 0 Å². The van der Waals surface area contributed by atoms with Crippen LogP contribution in [-0.2, 0) is 10.8 Å². The molecule has 16 aromatic carbocycles. The molecule has 0 unspecified atom stereocenters. The van der Waals surface area contributed by atoms with E-state index < -0.39 is 7.15 Å². The van der Waals surface area contributed by atoms with Crippen LogP contribution in [0.5, 0.6) is 0 Å². The van der Waals surface area contributed by atoms with Gasteiger partial charge in [0.25, 0.3) is 0 Å². The standard InChI is InChI=1S/C48H32N4.C33H23N.C15H10ClN3.CH3F.Na.H/c1-48(2)41-28-39-34-22-12-10-20-32(34)31-19-9-11-21-33(31)38(39)27-40(41)36-25-26-37-35-23-13-14-24-42(35)52(44(37)43(36)48)47-50-45(29-15-5-3-6-16-29)49-46(51-47)30-17-7-4-8-18-30;1-33(2)29-18-27-22-12-6-4-10-20(22)19-9-3-5-11-21(19)26(27)17-28(29)24-15-16-25-23-13-7-8-14-30(23)34-32(25)31(24)33;16-15-18-13(11-7-3-1-4-8-11)17-14(19-15)12-9-5-2-6-10-12;1-2;;/h3-28H,1-2H3;3-18,34H,1-2H3;1-10H;1H3;;/q;;;;+1;-1/i;;;1D;;. The van der Waals surface area contributed by atoms with Crippen LogP contribution in [0.1, 0.15) is 52.7 Å². The van der Waals surface area contributed by atoms with E-state index in [0.717, 1.165) is 33.3 Å². The molecule has 512 valence electrons. The van der Waals surface area contributed by atoms with Gasteiger partial charge in [-0.15, -0.1) is 0 Å². The Morgan fingerprint density at radius 1 is 0.333 bits per heavy atom. The molecule has 4 aromatic heterocycles. The first-order valence-corrected chi connectivity index (χ1v) is 36.4. The zero-order chi connectivity index (χ0) is 72.9. The molecule has 0 saturated carbocycles. The van der Waals surface area contributed by atoms with Gasteiger partial charge in [-0.05, 0) is 157 Å². The van der Waals surface area contributed by atoms with Gasteiger partial charge in [0.15, 0.2) is 23.3 Å². The van der Waals surface area contributed by atoms with E-state index in [0.29, 0.717) is 29.2 Å². The maximum Gasteiger partial charge on any atom is 1.00 e. The fourth-order valence-electron chi connectivity index (χ4n) is 17.2. The maximum absolute atomic E-state index is 9.96. The van der Waals surface area contributed by atoms with Crippen molar-refractivity contribution in [2.24, 2.45) is 0 Å². The smallest absolute Gasteiger partial charge is 1.00 e. The average molecular weight is 1430 g/mol. The van der Waals surface area contributed by atoms with Crippen molar-refractivity contribution in [1.29, 1.82) is 0 Å². The van der Waals surface area contributed by atoms with Crippen molar-refractivity contribution in [1.82, 2.24) is 39.5 Å². The van der Waals surface area contributed by atoms with Crippen molar-refractivity contribution < 1.29 is 36.7 Å². The third-order valence-electron chi connectivity index (χ3n) is 22.0. The van der Waals surface area contributed by atoms with Crippen LogP contribution >= 0.6 is 11.6 Å². The first kappa shape index (κ1) is 66.6. The Bertz CT molecular complexity index is 6900. The number of aromatic nitrogens is 8. The Morgan fingerprint density at radius 2 is 0.657 bits per heavy atom. The van der Waals surface area contributed by atoms with Gasteiger partial charge in [0.1, 0.15) is 0 Å². The third-order valence-corrected chi connectivity index (χ3v) is 22.2. The molecule has 11 heteroatoms. The molecule has 0 saturated heterocycles. The second-order valence-electron chi connectivity index (χ2n) is 28.6. The van der Waals surface area contributed by atoms with Crippen LogP contribution in [0, 0.1) is 0 Å². The molecular formula is C97H69ClFN8Na. The van der Waals surface area contributed by atoms with E-state index in [1.807, 2.05) is 97.1 Å². The summed E-state index contributed by atoms with van der Waals surface area (Å²) in [7, 11) is -1.00. The number of aromatic amines is 1. The summed E-state index contributed by atoms with van der Waals surface area (Å²) in [5.41, 5.74) is 18.8. The van der Waals surface area contributed by atoms with Crippen LogP contribution in [0.25, 0.3) is 182 Å². The van der Waals surface area contributed by atoms with Gasteiger partial charge in [-0.3, -0.25) is 8.96 Å². The first-order chi connectivity index (χ1) is 52.9. The quantitative estimate of drug-likeness (QED) is 0.136. The van der Waals surface area contributed by atoms with Crippen molar-refractivity contribution in [3.8, 4) is 73.8 Å². The van der Waals surface area contributed by atoms with Gasteiger partial charge in [0, 0.05) is 60.1 Å². The number of hydrogen-bond acceptors (Lipinski definition) is 6. The number of rotatable bonds is 5. The number of alkyl halides is 1. The monoisotopic (exact) mass is 1420 g/mol. The number of para-hydroxylation sites is 2. The van der Waals surface area contributed by atoms with Crippen LogP contribution in [-0.4, -0.2) is 46.6 Å². The molecule has 0 fully saturated rings. The Kier molecular flexibility index (Phi) is 16.7. The SMILES string of the molecule is CC1(C)c2cc3c4ccccc4c4ccccc4c3cc2-c2ccc3c([nH]c4ccccc43)c21.CC1(C)c2cc3c4ccccc4c4ccccc4c3cc2-c2ccc3c4ccccc4n(-c4nc(-c5ccccc5)nc(-c5ccccc5)n4)c3c21.Clc1nc(-c2ccccc2)nc(-c2ccccc2)n1.[2H]CF.[H-].[Na+]. The van der Waals surface area contributed by atoms with Gasteiger partial charge < -0.3 is 6.41 Å². The van der Waals surface area contributed by atoms with Crippen LogP contribution in [0.15, 0.2) is 315 Å². The summed E-state index contributed by atoms with van der Waals surface area (Å²) in [5.74, 6) is 3.08. The summed E-state index contributed by atoms with van der Waals surface area (Å²) in [4.78, 5) is 32.1. The Hall–Kier alpha value is -12.1. The van der Waals surface area contributed by atoms with E-state index in [1.165, 1.54) is 142 Å². The number of nitrogens with one attached hydrogen (secondary N) is 1. The number of fused-ring (bicyclic) bond motifs is 26. The number of hydrogen-bond donors (Lipinski definition) is 1. The molecule has 1 N–H and O–H groups in total. The van der Waals surface area contributed by atoms with E-state index in [1.54, 1.807) is 0 Å². The molecule has 0 spiro atoms. The molecule has 2 aliphatic rings. The summed E-state index contributed by atoms with van der Waals surface area (Å²) in [6.07, 6.45) is 0. The molecule has 108 heavy (non-hydrogen) atoms. The zero-order valence-corrected chi connectivity index (χ0v) is 62.9. The van der Waals surface area contributed by atoms with Crippen molar-refractivity contribution in [3.05, 3.63) is 343 Å². The molecule has 0 amide bonds. The van der Waals surface area contributed by atoms with E-state index in [4.69, 9.17) is 27.9 Å². The number of nitrogens with zero attached hydrogens (tertiary/aromatic N) is 7. The predicted octanol–water partition coefficient (Wildman–Crippen LogP) is 22.7. The molecule has 20 aromatic rings. The van der Waals surface area contributed by atoms with Crippen molar-refractivity contribution >= 4 is 120 Å². The Morgan fingerprint density at radius 3 is 1.08 bits per heavy atom. The van der Waals surface area contributed by atoms with Crippen LogP contribution < -0.4 is 29.6 Å². The second kappa shape index (κ2) is 27.1. The van der Waals surface area contributed by atoms with Crippen molar-refractivity contribution in [3.63, 3.8) is 0 Å². The Balaban J connectivity index is 0.000000130. The third kappa shape index (κ3) is 11.0. The second-order valence-corrected chi connectivity index (χ2v) is 29.0. The van der Waals surface area contributed by atoms with Crippen molar-refractivity contribution in [2.45, 2.75) is 38.5 Å². The number of benzene rings is 16. The molecule has 0 atom stereocenters. The molecule has 2 aliphatic carbocycles. The molecule has 0 radical (unpaired) electrons. The van der Waals surface area contributed by atoms with Gasteiger partial charge in [0.05, 0.1) is 25.1 Å². The summed E-state index contributed by atoms with van der Waals surface area (Å²) in [6.45, 7) is 9.54. The molecule has 22 rings (SSSR count). The largest absolute Gasteiger partial charge is 1.00 e. The fraction of sp³-hybridized carbons (Fsp3) is 0.0722. The summed E-state index contributed by atoms with van der Waals surface area (Å²) < 4.78 is 17.8. The van der Waals surface area contributed by atoms with Gasteiger partial charge in [-0.2, -0.15) is 19.9 Å². The minimum atomic E-state index is -1.00. The molecule has 8 nitrogen and oxygen atoms in total. The predicted molar refractivity (Wildman–Crippen MR) is 445 cm³/mol. The molecule has 4 heterocycles. The summed E-state index contributed by atoms with van der Waals surface area (Å²) in [5, 5.41) is 20.9. The van der Waals surface area contributed by atoms with Crippen LogP contribution in [0.3, 0.4) is 0 Å². The normalized spacial score (nSPS) is 13.0. The zero-order valence-electron chi connectivity index (χ0n) is 62.1. The van der Waals surface area contributed by atoms with Crippen LogP contribution in [0.2, 0.25) is 5.28 Å². The van der Waals surface area contributed by atoms with E-state index in [-0.39, 0.29) is 47.1 Å². The number of H-pyrrole nitrogens is 1. The van der Waals surface area contributed by atoms with Crippen LogP contribution in [0.4, 0.5) is 4.39 Å². The van der Waals surface area contributed by atoms with Crippen molar-refractivity contribution in [2.75, 3.05) is 7.15 Å². The maximum atomic E-state index is 9.96. The minimum absolute atomic E-state index is 0. The topological polar surface area (TPSA) is 98.1 Å².